The molecule has 2 rings (SSSR count). The molecule has 0 radical (unpaired) electrons. The van der Waals surface area contributed by atoms with Crippen LogP contribution in [0, 0.1) is 0 Å². The zero-order valence-electron chi connectivity index (χ0n) is 18.1. The lowest BCUT2D eigenvalue weighted by Gasteiger charge is -2.16. The first kappa shape index (κ1) is 24.6. The first-order chi connectivity index (χ1) is 15.1. The average molecular weight is 468 g/mol. The van der Waals surface area contributed by atoms with E-state index < -0.39 is 28.4 Å². The fourth-order valence-electron chi connectivity index (χ4n) is 2.59. The first-order valence-corrected chi connectivity index (χ1v) is 11.0. The van der Waals surface area contributed by atoms with Crippen LogP contribution < -0.4 is 34.7 Å². The molecule has 12 heteroatoms. The van der Waals surface area contributed by atoms with Gasteiger partial charge in [0.1, 0.15) is 5.75 Å². The van der Waals surface area contributed by atoms with Crippen LogP contribution in [0.5, 0.6) is 23.0 Å². The third-order valence-electron chi connectivity index (χ3n) is 4.19. The van der Waals surface area contributed by atoms with Crippen molar-refractivity contribution in [3.05, 3.63) is 35.9 Å². The van der Waals surface area contributed by atoms with E-state index in [0.717, 1.165) is 0 Å². The fourth-order valence-corrected chi connectivity index (χ4v) is 3.24. The maximum atomic E-state index is 12.8. The highest BCUT2D eigenvalue weighted by molar-refractivity contribution is 7.92. The summed E-state index contributed by atoms with van der Waals surface area (Å²) in [6.45, 7) is 1.11. The van der Waals surface area contributed by atoms with Crippen molar-refractivity contribution in [3.8, 4) is 23.0 Å². The van der Waals surface area contributed by atoms with E-state index in [1.54, 1.807) is 0 Å². The second-order valence-electron chi connectivity index (χ2n) is 6.34. The Bertz CT molecular complexity index is 1080. The van der Waals surface area contributed by atoms with Crippen molar-refractivity contribution < 1.29 is 37.0 Å². The van der Waals surface area contributed by atoms with Crippen molar-refractivity contribution in [2.45, 2.75) is 6.92 Å². The topological polar surface area (TPSA) is 155 Å². The number of anilines is 2. The molecular formula is C20H25N3O8S. The molecule has 0 atom stereocenters. The monoisotopic (exact) mass is 467 g/mol. The van der Waals surface area contributed by atoms with Gasteiger partial charge in [0.15, 0.2) is 18.1 Å². The molecular weight excluding hydrogens is 442 g/mol. The molecule has 0 bridgehead atoms. The number of benzene rings is 2. The van der Waals surface area contributed by atoms with Gasteiger partial charge in [-0.25, -0.2) is 8.42 Å². The van der Waals surface area contributed by atoms with E-state index in [1.165, 1.54) is 58.6 Å². The summed E-state index contributed by atoms with van der Waals surface area (Å²) in [6, 6.07) is 7.30. The number of sulfonamides is 1. The first-order valence-electron chi connectivity index (χ1n) is 9.31. The van der Waals surface area contributed by atoms with E-state index in [-0.39, 0.29) is 40.0 Å². The molecule has 4 N–H and O–H groups in total. The number of rotatable bonds is 11. The van der Waals surface area contributed by atoms with Crippen LogP contribution in [-0.4, -0.2) is 53.9 Å². The van der Waals surface area contributed by atoms with Gasteiger partial charge >= 0.3 is 0 Å². The lowest BCUT2D eigenvalue weighted by atomic mass is 10.1. The van der Waals surface area contributed by atoms with E-state index >= 15 is 0 Å². The van der Waals surface area contributed by atoms with E-state index in [4.69, 9.17) is 24.7 Å². The third kappa shape index (κ3) is 6.17. The standard InChI is InChI=1S/C20H25N3O8S/c1-5-32(26,27)23-14-7-6-13(10-15(14)28-2)22-20(25)12-8-16(29-3)19(17(9-12)30-4)31-11-18(21)24/h6-10,23H,5,11H2,1-4H3,(H2,21,24)(H,22,25). The van der Waals surface area contributed by atoms with Crippen LogP contribution in [0.15, 0.2) is 30.3 Å². The Kier molecular flexibility index (Phi) is 8.13. The maximum absolute atomic E-state index is 12.8. The van der Waals surface area contributed by atoms with Gasteiger partial charge < -0.3 is 30.0 Å². The molecule has 0 saturated heterocycles. The van der Waals surface area contributed by atoms with Crippen molar-refractivity contribution in [1.29, 1.82) is 0 Å². The number of ether oxygens (including phenoxy) is 4. The van der Waals surface area contributed by atoms with Crippen molar-refractivity contribution >= 4 is 33.2 Å². The Morgan fingerprint density at radius 1 is 0.969 bits per heavy atom. The quantitative estimate of drug-likeness (QED) is 0.450. The number of nitrogens with one attached hydrogen (secondary N) is 2. The zero-order valence-corrected chi connectivity index (χ0v) is 18.9. The summed E-state index contributed by atoms with van der Waals surface area (Å²) in [7, 11) is 0.620. The third-order valence-corrected chi connectivity index (χ3v) is 5.48. The average Bonchev–Trinajstić information content (AvgIpc) is 2.77. The SMILES string of the molecule is CCS(=O)(=O)Nc1ccc(NC(=O)c2cc(OC)c(OCC(N)=O)c(OC)c2)cc1OC. The summed E-state index contributed by atoms with van der Waals surface area (Å²) in [5.74, 6) is -0.612. The van der Waals surface area contributed by atoms with Gasteiger partial charge in [0.05, 0.1) is 32.8 Å². The molecule has 0 aromatic heterocycles. The highest BCUT2D eigenvalue weighted by Gasteiger charge is 2.19. The second-order valence-corrected chi connectivity index (χ2v) is 8.35. The van der Waals surface area contributed by atoms with Crippen LogP contribution >= 0.6 is 0 Å². The van der Waals surface area contributed by atoms with Crippen molar-refractivity contribution in [1.82, 2.24) is 0 Å². The number of carbonyl (C=O) groups excluding carboxylic acids is 2. The van der Waals surface area contributed by atoms with Gasteiger partial charge in [-0.3, -0.25) is 14.3 Å². The predicted octanol–water partition coefficient (Wildman–Crippen LogP) is 1.59. The second kappa shape index (κ2) is 10.6. The highest BCUT2D eigenvalue weighted by atomic mass is 32.2. The zero-order chi connectivity index (χ0) is 23.9. The van der Waals surface area contributed by atoms with E-state index in [2.05, 4.69) is 10.0 Å². The molecule has 0 saturated carbocycles. The van der Waals surface area contributed by atoms with Crippen molar-refractivity contribution in [2.24, 2.45) is 5.73 Å². The number of methoxy groups -OCH3 is 3. The van der Waals surface area contributed by atoms with Gasteiger partial charge in [-0.1, -0.05) is 0 Å². The highest BCUT2D eigenvalue weighted by Crippen LogP contribution is 2.39. The van der Waals surface area contributed by atoms with E-state index in [0.29, 0.717) is 5.69 Å². The van der Waals surface area contributed by atoms with Gasteiger partial charge in [-0.05, 0) is 31.2 Å². The Morgan fingerprint density at radius 3 is 2.06 bits per heavy atom. The molecule has 0 aliphatic carbocycles. The number of hydrogen-bond donors (Lipinski definition) is 3. The molecule has 0 aliphatic rings. The summed E-state index contributed by atoms with van der Waals surface area (Å²) in [5.41, 5.74) is 5.89. The summed E-state index contributed by atoms with van der Waals surface area (Å²) in [4.78, 5) is 23.8. The van der Waals surface area contributed by atoms with Crippen LogP contribution in [0.2, 0.25) is 0 Å². The number of hydrogen-bond acceptors (Lipinski definition) is 8. The molecule has 0 aliphatic heterocycles. The van der Waals surface area contributed by atoms with Crippen LogP contribution in [0.25, 0.3) is 0 Å². The Morgan fingerprint density at radius 2 is 1.56 bits per heavy atom. The number of carbonyl (C=O) groups is 2. The Hall–Kier alpha value is -3.67. The minimum absolute atomic E-state index is 0.0997. The Labute approximate surface area is 185 Å². The molecule has 0 fully saturated rings. The summed E-state index contributed by atoms with van der Waals surface area (Å²) >= 11 is 0. The normalized spacial score (nSPS) is 10.8. The molecule has 2 aromatic rings. The number of nitrogens with two attached hydrogens (primary N) is 1. The van der Waals surface area contributed by atoms with Crippen LogP contribution in [0.1, 0.15) is 17.3 Å². The molecule has 0 spiro atoms. The van der Waals surface area contributed by atoms with Crippen LogP contribution in [0.3, 0.4) is 0 Å². The van der Waals surface area contributed by atoms with Gasteiger partial charge in [0.2, 0.25) is 15.8 Å². The fraction of sp³-hybridized carbons (Fsp3) is 0.300. The minimum Gasteiger partial charge on any atom is -0.494 e. The summed E-state index contributed by atoms with van der Waals surface area (Å²) in [6.07, 6.45) is 0. The maximum Gasteiger partial charge on any atom is 0.255 e. The summed E-state index contributed by atoms with van der Waals surface area (Å²) in [5, 5.41) is 2.69. The van der Waals surface area contributed by atoms with Crippen molar-refractivity contribution in [3.63, 3.8) is 0 Å². The molecule has 0 heterocycles. The van der Waals surface area contributed by atoms with Gasteiger partial charge in [-0.15, -0.1) is 0 Å². The molecule has 2 aromatic carbocycles. The largest absolute Gasteiger partial charge is 0.494 e. The Balaban J connectivity index is 2.31. The smallest absolute Gasteiger partial charge is 0.255 e. The molecule has 174 valence electrons. The van der Waals surface area contributed by atoms with E-state index in [1.807, 2.05) is 0 Å². The van der Waals surface area contributed by atoms with Gasteiger partial charge in [-0.2, -0.15) is 0 Å². The molecule has 2 amide bonds. The number of amides is 2. The molecule has 11 nitrogen and oxygen atoms in total. The minimum atomic E-state index is -3.50. The predicted molar refractivity (Wildman–Crippen MR) is 118 cm³/mol. The lowest BCUT2D eigenvalue weighted by Crippen LogP contribution is -2.20. The molecule has 0 unspecified atom stereocenters. The van der Waals surface area contributed by atoms with Crippen LogP contribution in [0.4, 0.5) is 11.4 Å². The lowest BCUT2D eigenvalue weighted by molar-refractivity contribution is -0.120. The van der Waals surface area contributed by atoms with E-state index in [9.17, 15) is 18.0 Å². The van der Waals surface area contributed by atoms with Crippen LogP contribution in [-0.2, 0) is 14.8 Å². The summed E-state index contributed by atoms with van der Waals surface area (Å²) < 4.78 is 47.1. The van der Waals surface area contributed by atoms with Gasteiger partial charge in [0, 0.05) is 17.3 Å². The van der Waals surface area contributed by atoms with Gasteiger partial charge in [0.25, 0.3) is 11.8 Å². The van der Waals surface area contributed by atoms with Crippen molar-refractivity contribution in [2.75, 3.05) is 43.7 Å². The number of primary amides is 1. The molecule has 32 heavy (non-hydrogen) atoms.